The SMILES string of the molecule is C[C@@H]1C/C=C/[C@H](O)[C@@H]2CC[C@H]2CN2C[C@@]3(CCCc4cc(Cl)ccc43)COc3ccc(cc32)C(=O)NS(=O)(=O)[C@@H]1C. The van der Waals surface area contributed by atoms with Gasteiger partial charge in [0.15, 0.2) is 0 Å². The van der Waals surface area contributed by atoms with Crippen LogP contribution in [0.3, 0.4) is 0 Å². The highest BCUT2D eigenvalue weighted by molar-refractivity contribution is 7.90. The molecular formula is C32H39ClN2O5S. The Morgan fingerprint density at radius 3 is 2.76 bits per heavy atom. The molecule has 2 N–H and O–H groups in total. The fourth-order valence-corrected chi connectivity index (χ4v) is 8.64. The van der Waals surface area contributed by atoms with Crippen molar-refractivity contribution in [1.82, 2.24) is 4.72 Å². The molecule has 7 nitrogen and oxygen atoms in total. The number of benzene rings is 2. The second kappa shape index (κ2) is 10.9. The number of nitrogens with zero attached hydrogens (tertiary/aromatic N) is 1. The Balaban J connectivity index is 1.42. The minimum atomic E-state index is -3.91. The van der Waals surface area contributed by atoms with Crippen LogP contribution in [-0.2, 0) is 21.9 Å². The molecule has 1 spiro atoms. The maximum atomic E-state index is 13.3. The quantitative estimate of drug-likeness (QED) is 0.403. The largest absolute Gasteiger partial charge is 0.490 e. The molecule has 1 fully saturated rings. The van der Waals surface area contributed by atoms with Gasteiger partial charge in [0, 0.05) is 29.1 Å². The Labute approximate surface area is 248 Å². The number of allylic oxidation sites excluding steroid dienone is 1. The Bertz CT molecular complexity index is 1480. The number of aliphatic hydroxyl groups excluding tert-OH is 1. The zero-order chi connectivity index (χ0) is 28.9. The lowest BCUT2D eigenvalue weighted by molar-refractivity contribution is 0.0456. The normalized spacial score (nSPS) is 33.8. The molecule has 0 radical (unpaired) electrons. The molecule has 2 aromatic carbocycles. The van der Waals surface area contributed by atoms with Crippen molar-refractivity contribution in [3.8, 4) is 5.75 Å². The highest BCUT2D eigenvalue weighted by Gasteiger charge is 2.44. The van der Waals surface area contributed by atoms with E-state index in [9.17, 15) is 18.3 Å². The van der Waals surface area contributed by atoms with E-state index < -0.39 is 27.3 Å². The van der Waals surface area contributed by atoms with Crippen LogP contribution in [0, 0.1) is 17.8 Å². The lowest BCUT2D eigenvalue weighted by Crippen LogP contribution is -2.49. The standard InChI is InChI=1S/C32H39ClN2O5S/c1-20-5-3-7-29(36)26-11-8-24(26)17-35-18-32(14-4-6-22-15-25(33)10-12-27(22)32)19-40-30-13-9-23(16-28(30)35)31(37)34-41(38,39)21(20)2/h3,7,9-10,12-13,15-16,20-21,24,26,29,36H,4-6,8,11,14,17-19H2,1-2H3,(H,34,37)/b7-3+/t20-,21-,24+,26-,29+,32+/m1/s1. The van der Waals surface area contributed by atoms with Crippen molar-refractivity contribution in [2.75, 3.05) is 24.6 Å². The predicted molar refractivity (Wildman–Crippen MR) is 161 cm³/mol. The van der Waals surface area contributed by atoms with Crippen LogP contribution in [0.5, 0.6) is 5.75 Å². The number of aryl methyl sites for hydroxylation is 1. The molecule has 0 saturated heterocycles. The Kier molecular flexibility index (Phi) is 7.62. The second-order valence-corrected chi connectivity index (χ2v) is 15.1. The van der Waals surface area contributed by atoms with Crippen molar-refractivity contribution in [1.29, 1.82) is 0 Å². The van der Waals surface area contributed by atoms with Gasteiger partial charge in [0.1, 0.15) is 5.75 Å². The number of hydrogen-bond donors (Lipinski definition) is 2. The number of carbonyl (C=O) groups excluding carboxylic acids is 1. The number of fused-ring (bicyclic) bond motifs is 4. The van der Waals surface area contributed by atoms with E-state index in [-0.39, 0.29) is 28.7 Å². The van der Waals surface area contributed by atoms with E-state index in [4.69, 9.17) is 16.3 Å². The van der Waals surface area contributed by atoms with Crippen LogP contribution >= 0.6 is 11.6 Å². The van der Waals surface area contributed by atoms with Crippen molar-refractivity contribution in [2.45, 2.75) is 69.1 Å². The molecule has 41 heavy (non-hydrogen) atoms. The summed E-state index contributed by atoms with van der Waals surface area (Å²) in [6.45, 7) is 5.39. The molecule has 0 aromatic heterocycles. The Hall–Kier alpha value is -2.55. The van der Waals surface area contributed by atoms with Crippen LogP contribution in [-0.4, -0.2) is 50.5 Å². The molecule has 1 amide bonds. The second-order valence-electron chi connectivity index (χ2n) is 12.6. The number of anilines is 1. The summed E-state index contributed by atoms with van der Waals surface area (Å²) < 4.78 is 35.1. The van der Waals surface area contributed by atoms with E-state index in [1.165, 1.54) is 11.1 Å². The monoisotopic (exact) mass is 598 g/mol. The van der Waals surface area contributed by atoms with Gasteiger partial charge in [-0.25, -0.2) is 13.1 Å². The molecule has 6 atom stereocenters. The van der Waals surface area contributed by atoms with E-state index in [2.05, 4.69) is 21.8 Å². The summed E-state index contributed by atoms with van der Waals surface area (Å²) in [4.78, 5) is 15.6. The van der Waals surface area contributed by atoms with Crippen LogP contribution in [0.15, 0.2) is 48.6 Å². The average Bonchev–Trinajstić information content (AvgIpc) is 3.06. The van der Waals surface area contributed by atoms with Gasteiger partial charge in [-0.1, -0.05) is 36.7 Å². The summed E-state index contributed by atoms with van der Waals surface area (Å²) in [7, 11) is -3.91. The van der Waals surface area contributed by atoms with Crippen molar-refractivity contribution >= 4 is 33.2 Å². The number of carbonyl (C=O) groups is 1. The first-order chi connectivity index (χ1) is 19.6. The van der Waals surface area contributed by atoms with Crippen LogP contribution < -0.4 is 14.4 Å². The van der Waals surface area contributed by atoms with Gasteiger partial charge in [-0.05, 0) is 105 Å². The first kappa shape index (κ1) is 28.6. The molecule has 6 rings (SSSR count). The lowest BCUT2D eigenvalue weighted by Gasteiger charge is -2.45. The minimum absolute atomic E-state index is 0.128. The third-order valence-electron chi connectivity index (χ3n) is 10.0. The number of amides is 1. The lowest BCUT2D eigenvalue weighted by atomic mass is 9.68. The van der Waals surface area contributed by atoms with Crippen molar-refractivity contribution in [2.24, 2.45) is 17.8 Å². The van der Waals surface area contributed by atoms with Gasteiger partial charge in [-0.3, -0.25) is 4.79 Å². The summed E-state index contributed by atoms with van der Waals surface area (Å²) in [5.41, 5.74) is 3.33. The summed E-state index contributed by atoms with van der Waals surface area (Å²) >= 11 is 6.38. The molecule has 9 heteroatoms. The van der Waals surface area contributed by atoms with Crippen LogP contribution in [0.25, 0.3) is 0 Å². The third kappa shape index (κ3) is 5.39. The molecule has 2 heterocycles. The van der Waals surface area contributed by atoms with Gasteiger partial charge < -0.3 is 14.7 Å². The van der Waals surface area contributed by atoms with Crippen molar-refractivity contribution < 1.29 is 23.1 Å². The smallest absolute Gasteiger partial charge is 0.264 e. The number of sulfonamides is 1. The summed E-state index contributed by atoms with van der Waals surface area (Å²) in [6, 6.07) is 11.4. The van der Waals surface area contributed by atoms with Gasteiger partial charge in [-0.15, -0.1) is 0 Å². The topological polar surface area (TPSA) is 95.9 Å². The highest BCUT2D eigenvalue weighted by atomic mass is 35.5. The first-order valence-electron chi connectivity index (χ1n) is 14.8. The fourth-order valence-electron chi connectivity index (χ4n) is 7.16. The molecule has 220 valence electrons. The minimum Gasteiger partial charge on any atom is -0.490 e. The Morgan fingerprint density at radius 1 is 1.15 bits per heavy atom. The number of ether oxygens (including phenoxy) is 1. The number of nitrogens with one attached hydrogen (secondary N) is 1. The van der Waals surface area contributed by atoms with E-state index >= 15 is 0 Å². The molecule has 2 aromatic rings. The van der Waals surface area contributed by atoms with Crippen LogP contribution in [0.2, 0.25) is 5.02 Å². The molecular weight excluding hydrogens is 560 g/mol. The van der Waals surface area contributed by atoms with Crippen LogP contribution in [0.1, 0.15) is 67.4 Å². The molecule has 2 aliphatic carbocycles. The average molecular weight is 599 g/mol. The first-order valence-corrected chi connectivity index (χ1v) is 16.7. The zero-order valence-corrected chi connectivity index (χ0v) is 25.3. The van der Waals surface area contributed by atoms with Gasteiger partial charge in [-0.2, -0.15) is 0 Å². The summed E-state index contributed by atoms with van der Waals surface area (Å²) in [6.07, 6.45) is 8.58. The summed E-state index contributed by atoms with van der Waals surface area (Å²) in [5.74, 6) is 0.232. The fraction of sp³-hybridized carbons (Fsp3) is 0.531. The summed E-state index contributed by atoms with van der Waals surface area (Å²) in [5, 5.41) is 11.1. The zero-order valence-electron chi connectivity index (χ0n) is 23.7. The third-order valence-corrected chi connectivity index (χ3v) is 12.2. The van der Waals surface area contributed by atoms with Gasteiger partial charge >= 0.3 is 0 Å². The predicted octanol–water partition coefficient (Wildman–Crippen LogP) is 5.24. The maximum Gasteiger partial charge on any atom is 0.264 e. The van der Waals surface area contributed by atoms with Crippen molar-refractivity contribution in [3.05, 3.63) is 70.3 Å². The van der Waals surface area contributed by atoms with Gasteiger partial charge in [0.25, 0.3) is 5.91 Å². The molecule has 4 aliphatic rings. The Morgan fingerprint density at radius 2 is 1.98 bits per heavy atom. The molecule has 2 bridgehead atoms. The van der Waals surface area contributed by atoms with E-state index in [1.807, 2.05) is 25.1 Å². The number of halogens is 1. The van der Waals surface area contributed by atoms with Gasteiger partial charge in [0.2, 0.25) is 10.0 Å². The number of hydrogen-bond acceptors (Lipinski definition) is 6. The number of aliphatic hydroxyl groups is 1. The van der Waals surface area contributed by atoms with Crippen LogP contribution in [0.4, 0.5) is 5.69 Å². The van der Waals surface area contributed by atoms with Crippen molar-refractivity contribution in [3.63, 3.8) is 0 Å². The van der Waals surface area contributed by atoms with E-state index in [1.54, 1.807) is 25.1 Å². The number of rotatable bonds is 0. The van der Waals surface area contributed by atoms with Gasteiger partial charge in [0.05, 0.1) is 23.6 Å². The maximum absolute atomic E-state index is 13.3. The molecule has 0 unspecified atom stereocenters. The molecule has 1 saturated carbocycles. The van der Waals surface area contributed by atoms with E-state index in [0.717, 1.165) is 42.8 Å². The molecule has 2 aliphatic heterocycles. The highest BCUT2D eigenvalue weighted by Crippen LogP contribution is 2.46. The van der Waals surface area contributed by atoms with E-state index in [0.29, 0.717) is 31.9 Å².